The Morgan fingerprint density at radius 1 is 1.22 bits per heavy atom. The third kappa shape index (κ3) is 3.48. The molecular formula is C20H21N3O4. The molecule has 1 atom stereocenters. The van der Waals surface area contributed by atoms with Crippen LogP contribution in [0.15, 0.2) is 57.8 Å². The van der Waals surface area contributed by atoms with Crippen LogP contribution in [0.2, 0.25) is 0 Å². The third-order valence-electron chi connectivity index (χ3n) is 4.55. The fraction of sp³-hybridized carbons (Fsp3) is 0.250. The maximum absolute atomic E-state index is 12.7. The highest BCUT2D eigenvalue weighted by Gasteiger charge is 2.35. The molecule has 0 radical (unpaired) electrons. The van der Waals surface area contributed by atoms with E-state index in [0.29, 0.717) is 11.3 Å². The minimum Gasteiger partial charge on any atom is -0.458 e. The van der Waals surface area contributed by atoms with Crippen LogP contribution in [0.1, 0.15) is 36.5 Å². The second kappa shape index (κ2) is 7.49. The average Bonchev–Trinajstić information content (AvgIpc) is 2.64. The van der Waals surface area contributed by atoms with Gasteiger partial charge in [0.05, 0.1) is 17.1 Å². The lowest BCUT2D eigenvalue weighted by Gasteiger charge is -2.28. The molecule has 0 amide bonds. The van der Waals surface area contributed by atoms with Crippen molar-refractivity contribution in [1.29, 1.82) is 0 Å². The number of carbonyl (C=O) groups excluding carboxylic acids is 1. The van der Waals surface area contributed by atoms with Crippen molar-refractivity contribution in [3.63, 3.8) is 0 Å². The van der Waals surface area contributed by atoms with Crippen LogP contribution in [-0.2, 0) is 16.0 Å². The van der Waals surface area contributed by atoms with Crippen molar-refractivity contribution in [2.24, 2.45) is 0 Å². The third-order valence-corrected chi connectivity index (χ3v) is 4.55. The number of fused-ring (bicyclic) bond motifs is 1. The topological polar surface area (TPSA) is 104 Å². The molecule has 0 saturated heterocycles. The molecule has 27 heavy (non-hydrogen) atoms. The summed E-state index contributed by atoms with van der Waals surface area (Å²) in [5.41, 5.74) is 1.85. The number of aromatic amines is 2. The number of carbonyl (C=O) groups is 1. The van der Waals surface area contributed by atoms with E-state index in [1.807, 2.05) is 31.2 Å². The summed E-state index contributed by atoms with van der Waals surface area (Å²) >= 11 is 0. The number of hydrogen-bond acceptors (Lipinski definition) is 5. The molecule has 7 nitrogen and oxygen atoms in total. The Balaban J connectivity index is 2.21. The number of rotatable bonds is 5. The van der Waals surface area contributed by atoms with Crippen LogP contribution in [-0.4, -0.2) is 22.5 Å². The fourth-order valence-corrected chi connectivity index (χ4v) is 3.25. The van der Waals surface area contributed by atoms with E-state index >= 15 is 0 Å². The van der Waals surface area contributed by atoms with Crippen molar-refractivity contribution in [1.82, 2.24) is 9.97 Å². The van der Waals surface area contributed by atoms with Gasteiger partial charge in [0.2, 0.25) is 0 Å². The minimum absolute atomic E-state index is 0.0615. The van der Waals surface area contributed by atoms with Gasteiger partial charge in [-0.1, -0.05) is 43.8 Å². The van der Waals surface area contributed by atoms with Gasteiger partial charge in [-0.15, -0.1) is 0 Å². The minimum atomic E-state index is -0.662. The molecule has 0 aliphatic carbocycles. The molecule has 3 N–H and O–H groups in total. The normalized spacial score (nSPS) is 15.7. The lowest BCUT2D eigenvalue weighted by atomic mass is 9.82. The van der Waals surface area contributed by atoms with Gasteiger partial charge in [0, 0.05) is 5.70 Å². The summed E-state index contributed by atoms with van der Waals surface area (Å²) in [6, 6.07) is 7.69. The molecule has 0 saturated carbocycles. The van der Waals surface area contributed by atoms with Gasteiger partial charge in [0.1, 0.15) is 12.4 Å². The van der Waals surface area contributed by atoms with Crippen LogP contribution in [0.3, 0.4) is 0 Å². The summed E-state index contributed by atoms with van der Waals surface area (Å²) in [4.78, 5) is 41.8. The molecule has 3 rings (SSSR count). The summed E-state index contributed by atoms with van der Waals surface area (Å²) in [5, 5.41) is 2.95. The van der Waals surface area contributed by atoms with Crippen LogP contribution in [0.4, 0.5) is 5.82 Å². The predicted octanol–water partition coefficient (Wildman–Crippen LogP) is 2.19. The highest BCUT2D eigenvalue weighted by atomic mass is 16.5. The van der Waals surface area contributed by atoms with E-state index in [4.69, 9.17) is 4.74 Å². The summed E-state index contributed by atoms with van der Waals surface area (Å²) < 4.78 is 5.24. The summed E-state index contributed by atoms with van der Waals surface area (Å²) in [6.07, 6.45) is 2.35. The Labute approximate surface area is 155 Å². The molecule has 1 aromatic heterocycles. The van der Waals surface area contributed by atoms with Gasteiger partial charge in [-0.25, -0.2) is 9.59 Å². The first kappa shape index (κ1) is 18.4. The predicted molar refractivity (Wildman–Crippen MR) is 103 cm³/mol. The number of anilines is 1. The summed E-state index contributed by atoms with van der Waals surface area (Å²) in [7, 11) is 0. The molecule has 0 bridgehead atoms. The van der Waals surface area contributed by atoms with E-state index in [-0.39, 0.29) is 18.0 Å². The number of esters is 1. The number of benzene rings is 1. The first-order valence-corrected chi connectivity index (χ1v) is 8.67. The van der Waals surface area contributed by atoms with E-state index < -0.39 is 23.1 Å². The molecule has 1 aromatic carbocycles. The van der Waals surface area contributed by atoms with E-state index in [1.54, 1.807) is 6.92 Å². The number of H-pyrrole nitrogens is 2. The highest BCUT2D eigenvalue weighted by molar-refractivity contribution is 5.94. The zero-order valence-electron chi connectivity index (χ0n) is 15.2. The smallest absolute Gasteiger partial charge is 0.337 e. The quantitative estimate of drug-likeness (QED) is 0.555. The van der Waals surface area contributed by atoms with Crippen LogP contribution in [0.5, 0.6) is 0 Å². The zero-order valence-corrected chi connectivity index (χ0v) is 15.2. The van der Waals surface area contributed by atoms with Gasteiger partial charge in [0.15, 0.2) is 0 Å². The van der Waals surface area contributed by atoms with Crippen molar-refractivity contribution in [3.05, 3.63) is 85.7 Å². The van der Waals surface area contributed by atoms with Gasteiger partial charge < -0.3 is 10.1 Å². The standard InChI is InChI=1S/C20H21N3O4/c1-4-10-27-19(25)14-11(3)21-17-16(18(24)23-20(26)22-17)15(14)13-8-6-12(5-2)7-9-13/h4,6-9,15H,1,5,10H2,2-3H3,(H3,21,22,23,24,26)/t15-/m1/s1. The fourth-order valence-electron chi connectivity index (χ4n) is 3.25. The van der Waals surface area contributed by atoms with Crippen molar-refractivity contribution in [3.8, 4) is 0 Å². The Kier molecular flexibility index (Phi) is 5.12. The molecule has 1 aliphatic rings. The monoisotopic (exact) mass is 367 g/mol. The Bertz CT molecular complexity index is 1030. The second-order valence-electron chi connectivity index (χ2n) is 6.28. The molecule has 0 fully saturated rings. The van der Waals surface area contributed by atoms with Crippen molar-refractivity contribution >= 4 is 11.8 Å². The number of aryl methyl sites for hydroxylation is 1. The number of allylic oxidation sites excluding steroid dienone is 1. The Morgan fingerprint density at radius 3 is 2.56 bits per heavy atom. The zero-order chi connectivity index (χ0) is 19.6. The van der Waals surface area contributed by atoms with Gasteiger partial charge in [0.25, 0.3) is 5.56 Å². The average molecular weight is 367 g/mol. The van der Waals surface area contributed by atoms with Gasteiger partial charge in [-0.2, -0.15) is 0 Å². The number of hydrogen-bond donors (Lipinski definition) is 3. The van der Waals surface area contributed by atoms with Crippen molar-refractivity contribution in [2.45, 2.75) is 26.2 Å². The van der Waals surface area contributed by atoms with Gasteiger partial charge in [-0.3, -0.25) is 14.8 Å². The Hall–Kier alpha value is -3.35. The van der Waals surface area contributed by atoms with E-state index in [1.165, 1.54) is 6.08 Å². The molecular weight excluding hydrogens is 346 g/mol. The number of ether oxygens (including phenoxy) is 1. The maximum Gasteiger partial charge on any atom is 0.337 e. The van der Waals surface area contributed by atoms with Gasteiger partial charge >= 0.3 is 11.7 Å². The van der Waals surface area contributed by atoms with E-state index in [2.05, 4.69) is 21.9 Å². The van der Waals surface area contributed by atoms with Gasteiger partial charge in [-0.05, 0) is 24.5 Å². The van der Waals surface area contributed by atoms with Crippen molar-refractivity contribution < 1.29 is 9.53 Å². The second-order valence-corrected chi connectivity index (χ2v) is 6.28. The molecule has 2 heterocycles. The molecule has 2 aromatic rings. The Morgan fingerprint density at radius 2 is 1.93 bits per heavy atom. The highest BCUT2D eigenvalue weighted by Crippen LogP contribution is 2.39. The van der Waals surface area contributed by atoms with E-state index in [9.17, 15) is 14.4 Å². The largest absolute Gasteiger partial charge is 0.458 e. The molecule has 0 spiro atoms. The molecule has 7 heteroatoms. The van der Waals surface area contributed by atoms with Crippen LogP contribution < -0.4 is 16.6 Å². The lowest BCUT2D eigenvalue weighted by molar-refractivity contribution is -0.138. The molecule has 1 aliphatic heterocycles. The lowest BCUT2D eigenvalue weighted by Crippen LogP contribution is -2.35. The van der Waals surface area contributed by atoms with Crippen LogP contribution in [0, 0.1) is 0 Å². The van der Waals surface area contributed by atoms with E-state index in [0.717, 1.165) is 17.5 Å². The maximum atomic E-state index is 12.7. The van der Waals surface area contributed by atoms with Crippen molar-refractivity contribution in [2.75, 3.05) is 11.9 Å². The number of nitrogens with one attached hydrogen (secondary N) is 3. The number of aromatic nitrogens is 2. The van der Waals surface area contributed by atoms with Crippen LogP contribution >= 0.6 is 0 Å². The summed E-state index contributed by atoms with van der Waals surface area (Å²) in [6.45, 7) is 7.37. The first-order chi connectivity index (χ1) is 13.0. The summed E-state index contributed by atoms with van der Waals surface area (Å²) in [5.74, 6) is -0.920. The van der Waals surface area contributed by atoms with Crippen LogP contribution in [0.25, 0.3) is 0 Å². The SMILES string of the molecule is C=CCOC(=O)C1=C(C)Nc2[nH]c(=O)[nH]c(=O)c2[C@@H]1c1ccc(CC)cc1. The molecule has 0 unspecified atom stereocenters. The first-order valence-electron chi connectivity index (χ1n) is 8.67. The molecule has 140 valence electrons.